The Hall–Kier alpha value is -0.610. The summed E-state index contributed by atoms with van der Waals surface area (Å²) in [4.78, 5) is 13.7. The fourth-order valence-corrected chi connectivity index (χ4v) is 1.46. The summed E-state index contributed by atoms with van der Waals surface area (Å²) in [6.45, 7) is 7.85. The van der Waals surface area contributed by atoms with E-state index >= 15 is 0 Å². The molecule has 4 heteroatoms. The average Bonchev–Trinajstić information content (AvgIpc) is 2.24. The summed E-state index contributed by atoms with van der Waals surface area (Å²) >= 11 is 0. The van der Waals surface area contributed by atoms with Crippen LogP contribution < -0.4 is 5.32 Å². The van der Waals surface area contributed by atoms with E-state index in [2.05, 4.69) is 19.2 Å². The van der Waals surface area contributed by atoms with Crippen LogP contribution in [0.15, 0.2) is 0 Å². The maximum Gasteiger partial charge on any atom is 0.234 e. The van der Waals surface area contributed by atoms with Crippen LogP contribution in [0.5, 0.6) is 0 Å². The lowest BCUT2D eigenvalue weighted by molar-refractivity contribution is -0.122. The molecular weight excluding hydrogens is 216 g/mol. The molecule has 0 spiro atoms. The summed E-state index contributed by atoms with van der Waals surface area (Å²) in [6.07, 6.45) is 2.90. The van der Waals surface area contributed by atoms with Crippen molar-refractivity contribution in [1.29, 1.82) is 0 Å². The van der Waals surface area contributed by atoms with Crippen LogP contribution in [0, 0.1) is 5.92 Å². The SMILES string of the molecule is CC(C)C(C)NC(=O)CN(C)CCCCCO. The molecule has 0 bridgehead atoms. The Bertz CT molecular complexity index is 208. The zero-order chi connectivity index (χ0) is 13.3. The lowest BCUT2D eigenvalue weighted by atomic mass is 10.1. The van der Waals surface area contributed by atoms with Gasteiger partial charge in [0.1, 0.15) is 0 Å². The topological polar surface area (TPSA) is 52.6 Å². The third kappa shape index (κ3) is 9.12. The van der Waals surface area contributed by atoms with Crippen LogP contribution in [0.2, 0.25) is 0 Å². The second-order valence-corrected chi connectivity index (χ2v) is 5.12. The summed E-state index contributed by atoms with van der Waals surface area (Å²) < 4.78 is 0. The molecule has 17 heavy (non-hydrogen) atoms. The highest BCUT2D eigenvalue weighted by Crippen LogP contribution is 2.00. The molecule has 2 N–H and O–H groups in total. The van der Waals surface area contributed by atoms with Crippen LogP contribution in [0.1, 0.15) is 40.0 Å². The number of likely N-dealkylation sites (N-methyl/N-ethyl adjacent to an activating group) is 1. The summed E-state index contributed by atoms with van der Waals surface area (Å²) in [7, 11) is 1.96. The molecule has 0 saturated heterocycles. The van der Waals surface area contributed by atoms with Crippen LogP contribution in [-0.2, 0) is 4.79 Å². The minimum Gasteiger partial charge on any atom is -0.396 e. The minimum atomic E-state index is 0.0934. The van der Waals surface area contributed by atoms with Crippen molar-refractivity contribution in [2.24, 2.45) is 5.92 Å². The molecule has 0 aromatic rings. The Morgan fingerprint density at radius 2 is 1.88 bits per heavy atom. The van der Waals surface area contributed by atoms with Crippen molar-refractivity contribution in [3.05, 3.63) is 0 Å². The molecule has 0 rings (SSSR count). The van der Waals surface area contributed by atoms with Gasteiger partial charge < -0.3 is 10.4 Å². The van der Waals surface area contributed by atoms with Gasteiger partial charge in [-0.3, -0.25) is 9.69 Å². The van der Waals surface area contributed by atoms with Crippen molar-refractivity contribution < 1.29 is 9.90 Å². The van der Waals surface area contributed by atoms with Gasteiger partial charge in [0.25, 0.3) is 0 Å². The number of hydrogen-bond acceptors (Lipinski definition) is 3. The fraction of sp³-hybridized carbons (Fsp3) is 0.923. The molecule has 0 saturated carbocycles. The quantitative estimate of drug-likeness (QED) is 0.600. The number of amides is 1. The Labute approximate surface area is 105 Å². The van der Waals surface area contributed by atoms with Crippen molar-refractivity contribution in [3.63, 3.8) is 0 Å². The van der Waals surface area contributed by atoms with Crippen LogP contribution >= 0.6 is 0 Å². The molecule has 0 aliphatic carbocycles. The molecule has 1 unspecified atom stereocenters. The maximum absolute atomic E-state index is 11.7. The molecule has 102 valence electrons. The molecule has 0 radical (unpaired) electrons. The van der Waals surface area contributed by atoms with E-state index < -0.39 is 0 Å². The van der Waals surface area contributed by atoms with Gasteiger partial charge in [-0.05, 0) is 45.7 Å². The van der Waals surface area contributed by atoms with Crippen molar-refractivity contribution in [2.45, 2.75) is 46.1 Å². The van der Waals surface area contributed by atoms with E-state index in [1.165, 1.54) is 0 Å². The lowest BCUT2D eigenvalue weighted by Gasteiger charge is -2.20. The number of aliphatic hydroxyl groups is 1. The number of nitrogens with one attached hydrogen (secondary N) is 1. The van der Waals surface area contributed by atoms with E-state index in [-0.39, 0.29) is 18.6 Å². The standard InChI is InChI=1S/C13H28N2O2/c1-11(2)12(3)14-13(17)10-15(4)8-6-5-7-9-16/h11-12,16H,5-10H2,1-4H3,(H,14,17). The van der Waals surface area contributed by atoms with Crippen LogP contribution in [0.3, 0.4) is 0 Å². The zero-order valence-corrected chi connectivity index (χ0v) is 11.7. The zero-order valence-electron chi connectivity index (χ0n) is 11.7. The van der Waals surface area contributed by atoms with Crippen molar-refractivity contribution in [2.75, 3.05) is 26.7 Å². The molecule has 1 amide bonds. The average molecular weight is 244 g/mol. The van der Waals surface area contributed by atoms with Crippen LogP contribution in [0.4, 0.5) is 0 Å². The first kappa shape index (κ1) is 16.4. The van der Waals surface area contributed by atoms with Gasteiger partial charge in [0.05, 0.1) is 6.54 Å². The van der Waals surface area contributed by atoms with Crippen molar-refractivity contribution in [3.8, 4) is 0 Å². The summed E-state index contributed by atoms with van der Waals surface area (Å²) in [6, 6.07) is 0.227. The second-order valence-electron chi connectivity index (χ2n) is 5.12. The van der Waals surface area contributed by atoms with E-state index in [4.69, 9.17) is 5.11 Å². The molecular formula is C13H28N2O2. The normalized spacial score (nSPS) is 13.1. The summed E-state index contributed by atoms with van der Waals surface area (Å²) in [5.41, 5.74) is 0. The number of carbonyl (C=O) groups is 1. The molecule has 0 aliphatic rings. The van der Waals surface area contributed by atoms with E-state index in [1.54, 1.807) is 0 Å². The van der Waals surface area contributed by atoms with Crippen molar-refractivity contribution >= 4 is 5.91 Å². The smallest absolute Gasteiger partial charge is 0.234 e. The van der Waals surface area contributed by atoms with Gasteiger partial charge in [-0.1, -0.05) is 13.8 Å². The second kappa shape index (κ2) is 9.42. The van der Waals surface area contributed by atoms with Crippen LogP contribution in [-0.4, -0.2) is 48.7 Å². The number of rotatable bonds is 9. The van der Waals surface area contributed by atoms with Gasteiger partial charge in [-0.25, -0.2) is 0 Å². The van der Waals surface area contributed by atoms with Gasteiger partial charge >= 0.3 is 0 Å². The third-order valence-corrected chi connectivity index (χ3v) is 3.00. The van der Waals surface area contributed by atoms with E-state index in [9.17, 15) is 4.79 Å². The van der Waals surface area contributed by atoms with Gasteiger partial charge in [0.15, 0.2) is 0 Å². The third-order valence-electron chi connectivity index (χ3n) is 3.00. The molecule has 4 nitrogen and oxygen atoms in total. The van der Waals surface area contributed by atoms with Gasteiger partial charge in [0, 0.05) is 12.6 Å². The predicted molar refractivity (Wildman–Crippen MR) is 70.9 cm³/mol. The summed E-state index contributed by atoms with van der Waals surface area (Å²) in [5, 5.41) is 11.6. The minimum absolute atomic E-state index is 0.0934. The van der Waals surface area contributed by atoms with Gasteiger partial charge in [-0.15, -0.1) is 0 Å². The van der Waals surface area contributed by atoms with Crippen LogP contribution in [0.25, 0.3) is 0 Å². The van der Waals surface area contributed by atoms with Crippen molar-refractivity contribution in [1.82, 2.24) is 10.2 Å². The highest BCUT2D eigenvalue weighted by molar-refractivity contribution is 5.78. The largest absolute Gasteiger partial charge is 0.396 e. The number of nitrogens with zero attached hydrogens (tertiary/aromatic N) is 1. The molecule has 1 atom stereocenters. The Morgan fingerprint density at radius 1 is 1.24 bits per heavy atom. The fourth-order valence-electron chi connectivity index (χ4n) is 1.46. The first-order valence-corrected chi connectivity index (χ1v) is 6.56. The Balaban J connectivity index is 3.65. The van der Waals surface area contributed by atoms with Gasteiger partial charge in [0.2, 0.25) is 5.91 Å². The lowest BCUT2D eigenvalue weighted by Crippen LogP contribution is -2.42. The Morgan fingerprint density at radius 3 is 2.41 bits per heavy atom. The number of aliphatic hydroxyl groups excluding tert-OH is 1. The molecule has 0 aromatic heterocycles. The van der Waals surface area contributed by atoms with Gasteiger partial charge in [-0.2, -0.15) is 0 Å². The predicted octanol–water partition coefficient (Wildman–Crippen LogP) is 1.24. The highest BCUT2D eigenvalue weighted by Gasteiger charge is 2.12. The highest BCUT2D eigenvalue weighted by atomic mass is 16.2. The molecule has 0 aromatic carbocycles. The molecule has 0 fully saturated rings. The number of unbranched alkanes of at least 4 members (excludes halogenated alkanes) is 2. The molecule has 0 aliphatic heterocycles. The monoisotopic (exact) mass is 244 g/mol. The summed E-state index contributed by atoms with van der Waals surface area (Å²) in [5.74, 6) is 0.560. The molecule has 0 heterocycles. The van der Waals surface area contributed by atoms with E-state index in [0.717, 1.165) is 25.8 Å². The maximum atomic E-state index is 11.7. The number of hydrogen-bond donors (Lipinski definition) is 2. The first-order chi connectivity index (χ1) is 7.97. The van der Waals surface area contributed by atoms with E-state index in [1.807, 2.05) is 18.9 Å². The Kier molecular flexibility index (Phi) is 9.09. The first-order valence-electron chi connectivity index (χ1n) is 6.56. The van der Waals surface area contributed by atoms with E-state index in [0.29, 0.717) is 12.5 Å². The number of carbonyl (C=O) groups excluding carboxylic acids is 1.